The average molecular weight is 276 g/mol. The van der Waals surface area contributed by atoms with Crippen LogP contribution in [0.3, 0.4) is 0 Å². The van der Waals surface area contributed by atoms with Gasteiger partial charge in [0.05, 0.1) is 0 Å². The van der Waals surface area contributed by atoms with E-state index in [2.05, 4.69) is 38.8 Å². The molecule has 102 valence electrons. The highest BCUT2D eigenvalue weighted by Gasteiger charge is 2.18. The first-order valence-electron chi connectivity index (χ1n) is 6.70. The molecular formula is C16H12N4O. The van der Waals surface area contributed by atoms with E-state index in [0.717, 1.165) is 23.0 Å². The Balaban J connectivity index is 1.91. The van der Waals surface area contributed by atoms with E-state index in [9.17, 15) is 0 Å². The third-order valence-corrected chi connectivity index (χ3v) is 3.48. The van der Waals surface area contributed by atoms with Gasteiger partial charge in [0.1, 0.15) is 5.58 Å². The summed E-state index contributed by atoms with van der Waals surface area (Å²) in [7, 11) is 0. The molecule has 0 aliphatic carbocycles. The molecule has 0 aliphatic heterocycles. The molecule has 21 heavy (non-hydrogen) atoms. The maximum atomic E-state index is 5.94. The Kier molecular flexibility index (Phi) is 2.74. The molecule has 4 rings (SSSR count). The minimum Gasteiger partial charge on any atom is -0.452 e. The zero-order valence-corrected chi connectivity index (χ0v) is 11.2. The van der Waals surface area contributed by atoms with Crippen LogP contribution in [0.1, 0.15) is 11.1 Å². The van der Waals surface area contributed by atoms with Crippen molar-refractivity contribution in [2.75, 3.05) is 0 Å². The predicted octanol–water partition coefficient (Wildman–Crippen LogP) is 3.20. The van der Waals surface area contributed by atoms with Gasteiger partial charge >= 0.3 is 0 Å². The molecule has 5 heteroatoms. The monoisotopic (exact) mass is 276 g/mol. The molecule has 5 nitrogen and oxygen atoms in total. The molecule has 0 radical (unpaired) electrons. The highest BCUT2D eigenvalue weighted by Crippen LogP contribution is 2.33. The van der Waals surface area contributed by atoms with E-state index in [-0.39, 0.29) is 0 Å². The number of H-pyrrole nitrogens is 1. The third-order valence-electron chi connectivity index (χ3n) is 3.48. The van der Waals surface area contributed by atoms with Gasteiger partial charge in [-0.05, 0) is 22.1 Å². The van der Waals surface area contributed by atoms with Crippen molar-refractivity contribution in [2.24, 2.45) is 0 Å². The first-order valence-corrected chi connectivity index (χ1v) is 6.70. The van der Waals surface area contributed by atoms with Crippen LogP contribution in [0.4, 0.5) is 0 Å². The first kappa shape index (κ1) is 11.8. The first-order chi connectivity index (χ1) is 10.4. The molecule has 2 heterocycles. The lowest BCUT2D eigenvalue weighted by atomic mass is 10.0. The number of benzene rings is 2. The zero-order valence-electron chi connectivity index (χ0n) is 11.2. The predicted molar refractivity (Wildman–Crippen MR) is 78.6 cm³/mol. The molecule has 4 aromatic rings. The summed E-state index contributed by atoms with van der Waals surface area (Å²) in [5.41, 5.74) is 3.16. The lowest BCUT2D eigenvalue weighted by Crippen LogP contribution is -1.90. The number of para-hydroxylation sites is 1. The summed E-state index contributed by atoms with van der Waals surface area (Å²) >= 11 is 0. The van der Waals surface area contributed by atoms with Crippen LogP contribution < -0.4 is 0 Å². The van der Waals surface area contributed by atoms with Gasteiger partial charge < -0.3 is 4.42 Å². The van der Waals surface area contributed by atoms with Gasteiger partial charge in [0.15, 0.2) is 5.76 Å². The number of nitrogens with zero attached hydrogens (tertiary/aromatic N) is 3. The maximum Gasteiger partial charge on any atom is 0.215 e. The average Bonchev–Trinajstić information content (AvgIpc) is 3.16. The second kappa shape index (κ2) is 4.86. The van der Waals surface area contributed by atoms with E-state index in [1.165, 1.54) is 5.56 Å². The molecule has 0 saturated carbocycles. The number of fused-ring (bicyclic) bond motifs is 1. The summed E-state index contributed by atoms with van der Waals surface area (Å²) in [6, 6.07) is 18.3. The standard InChI is InChI=1S/C16H12N4O/c1-2-6-11(7-3-1)10-13-12-8-4-5-9-14(12)21-15(13)16-17-19-20-18-16/h1-9H,10H2,(H,17,18,19,20). The van der Waals surface area contributed by atoms with Crippen molar-refractivity contribution in [1.29, 1.82) is 0 Å². The van der Waals surface area contributed by atoms with Gasteiger partial charge in [-0.3, -0.25) is 0 Å². The van der Waals surface area contributed by atoms with Crippen molar-refractivity contribution < 1.29 is 4.42 Å². The van der Waals surface area contributed by atoms with Crippen LogP contribution >= 0.6 is 0 Å². The summed E-state index contributed by atoms with van der Waals surface area (Å²) in [6.45, 7) is 0. The molecule has 2 aromatic carbocycles. The van der Waals surface area contributed by atoms with E-state index in [1.807, 2.05) is 36.4 Å². The molecule has 0 bridgehead atoms. The van der Waals surface area contributed by atoms with Gasteiger partial charge in [-0.1, -0.05) is 48.5 Å². The quantitative estimate of drug-likeness (QED) is 0.624. The second-order valence-corrected chi connectivity index (χ2v) is 4.82. The number of hydrogen-bond acceptors (Lipinski definition) is 4. The number of tetrazole rings is 1. The Hall–Kier alpha value is -2.95. The number of rotatable bonds is 3. The van der Waals surface area contributed by atoms with Crippen LogP contribution in [0, 0.1) is 0 Å². The minimum absolute atomic E-state index is 0.553. The van der Waals surface area contributed by atoms with Crippen molar-refractivity contribution >= 4 is 11.0 Å². The third kappa shape index (κ3) is 2.08. The van der Waals surface area contributed by atoms with Crippen molar-refractivity contribution in [3.63, 3.8) is 0 Å². The Morgan fingerprint density at radius 2 is 1.76 bits per heavy atom. The smallest absolute Gasteiger partial charge is 0.215 e. The highest BCUT2D eigenvalue weighted by molar-refractivity contribution is 5.87. The SMILES string of the molecule is c1ccc(Cc2c(-c3nnn[nH]3)oc3ccccc23)cc1. The van der Waals surface area contributed by atoms with Gasteiger partial charge in [-0.15, -0.1) is 5.10 Å². The Labute approximate surface area is 120 Å². The molecule has 0 amide bonds. The fourth-order valence-electron chi connectivity index (χ4n) is 2.52. The summed E-state index contributed by atoms with van der Waals surface area (Å²) in [4.78, 5) is 0. The van der Waals surface area contributed by atoms with Crippen LogP contribution in [0.25, 0.3) is 22.6 Å². The van der Waals surface area contributed by atoms with Gasteiger partial charge in [0.2, 0.25) is 5.82 Å². The van der Waals surface area contributed by atoms with Crippen LogP contribution in [0.5, 0.6) is 0 Å². The van der Waals surface area contributed by atoms with Gasteiger partial charge in [-0.25, -0.2) is 5.10 Å². The maximum absolute atomic E-state index is 5.94. The Bertz CT molecular complexity index is 866. The van der Waals surface area contributed by atoms with Crippen molar-refractivity contribution in [3.8, 4) is 11.6 Å². The van der Waals surface area contributed by atoms with Crippen molar-refractivity contribution in [1.82, 2.24) is 20.6 Å². The molecule has 0 fully saturated rings. The summed E-state index contributed by atoms with van der Waals surface area (Å²) < 4.78 is 5.94. The molecule has 2 aromatic heterocycles. The topological polar surface area (TPSA) is 67.6 Å². The normalized spacial score (nSPS) is 11.0. The molecular weight excluding hydrogens is 264 g/mol. The molecule has 0 spiro atoms. The van der Waals surface area contributed by atoms with E-state index >= 15 is 0 Å². The van der Waals surface area contributed by atoms with Crippen molar-refractivity contribution in [2.45, 2.75) is 6.42 Å². The van der Waals surface area contributed by atoms with Crippen LogP contribution in [-0.2, 0) is 6.42 Å². The number of furan rings is 1. The van der Waals surface area contributed by atoms with Gasteiger partial charge in [0.25, 0.3) is 0 Å². The van der Waals surface area contributed by atoms with E-state index in [4.69, 9.17) is 4.42 Å². The number of aromatic nitrogens is 4. The summed E-state index contributed by atoms with van der Waals surface area (Å²) in [6.07, 6.45) is 0.772. The minimum atomic E-state index is 0.553. The number of nitrogens with one attached hydrogen (secondary N) is 1. The fourth-order valence-corrected chi connectivity index (χ4v) is 2.52. The van der Waals surface area contributed by atoms with Crippen LogP contribution in [0.15, 0.2) is 59.0 Å². The second-order valence-electron chi connectivity index (χ2n) is 4.82. The van der Waals surface area contributed by atoms with E-state index in [0.29, 0.717) is 11.6 Å². The fraction of sp³-hybridized carbons (Fsp3) is 0.0625. The number of hydrogen-bond donors (Lipinski definition) is 1. The largest absolute Gasteiger partial charge is 0.452 e. The molecule has 1 N–H and O–H groups in total. The number of aromatic amines is 1. The van der Waals surface area contributed by atoms with Crippen LogP contribution in [0.2, 0.25) is 0 Å². The summed E-state index contributed by atoms with van der Waals surface area (Å²) in [5, 5.41) is 15.1. The summed E-state index contributed by atoms with van der Waals surface area (Å²) in [5.74, 6) is 1.25. The highest BCUT2D eigenvalue weighted by atomic mass is 16.3. The van der Waals surface area contributed by atoms with E-state index in [1.54, 1.807) is 0 Å². The van der Waals surface area contributed by atoms with Gasteiger partial charge in [-0.2, -0.15) is 0 Å². The van der Waals surface area contributed by atoms with Gasteiger partial charge in [0, 0.05) is 17.4 Å². The van der Waals surface area contributed by atoms with Crippen molar-refractivity contribution in [3.05, 3.63) is 65.7 Å². The molecule has 0 unspecified atom stereocenters. The lowest BCUT2D eigenvalue weighted by Gasteiger charge is -2.01. The molecule has 0 atom stereocenters. The van der Waals surface area contributed by atoms with E-state index < -0.39 is 0 Å². The van der Waals surface area contributed by atoms with Crippen LogP contribution in [-0.4, -0.2) is 20.6 Å². The molecule has 0 aliphatic rings. The Morgan fingerprint density at radius 3 is 2.57 bits per heavy atom. The Morgan fingerprint density at radius 1 is 0.952 bits per heavy atom. The molecule has 0 saturated heterocycles. The lowest BCUT2D eigenvalue weighted by molar-refractivity contribution is 0.621. The zero-order chi connectivity index (χ0) is 14.1.